The van der Waals surface area contributed by atoms with E-state index in [1.807, 2.05) is 4.90 Å². The molecule has 3 nitrogen and oxygen atoms in total. The molecule has 2 rings (SSSR count). The average Bonchev–Trinajstić information content (AvgIpc) is 2.88. The van der Waals surface area contributed by atoms with Crippen molar-refractivity contribution in [3.63, 3.8) is 0 Å². The molecule has 0 aliphatic carbocycles. The number of nitrogens with two attached hydrogens (primary N) is 1. The molecule has 5 heteroatoms. The summed E-state index contributed by atoms with van der Waals surface area (Å²) in [4.78, 5) is 13.8. The lowest BCUT2D eigenvalue weighted by atomic mass is 10.1. The summed E-state index contributed by atoms with van der Waals surface area (Å²) in [5, 5.41) is 4.21. The van der Waals surface area contributed by atoms with Gasteiger partial charge in [0, 0.05) is 19.5 Å². The standard InChI is InChI=1S/C11H16N2OS.ClH/c12-5-3-11(14)13-6-1-2-10(13)9-4-7-15-8-9;/h4,7-8,10H,1-3,5-6,12H2;1H. The Morgan fingerprint density at radius 3 is 3.06 bits per heavy atom. The van der Waals surface area contributed by atoms with E-state index in [0.717, 1.165) is 19.4 Å². The molecular weight excluding hydrogens is 244 g/mol. The van der Waals surface area contributed by atoms with Crippen LogP contribution in [0, 0.1) is 0 Å². The number of nitrogens with zero attached hydrogens (tertiary/aromatic N) is 1. The zero-order valence-corrected chi connectivity index (χ0v) is 10.7. The smallest absolute Gasteiger partial charge is 0.224 e. The average molecular weight is 261 g/mol. The molecule has 90 valence electrons. The van der Waals surface area contributed by atoms with Gasteiger partial charge in [-0.15, -0.1) is 12.4 Å². The van der Waals surface area contributed by atoms with Gasteiger partial charge in [-0.25, -0.2) is 0 Å². The number of hydrogen-bond acceptors (Lipinski definition) is 3. The van der Waals surface area contributed by atoms with Crippen LogP contribution in [0.5, 0.6) is 0 Å². The van der Waals surface area contributed by atoms with Crippen LogP contribution >= 0.6 is 23.7 Å². The molecule has 0 bridgehead atoms. The van der Waals surface area contributed by atoms with Gasteiger partial charge in [0.15, 0.2) is 0 Å². The molecule has 1 aliphatic rings. The van der Waals surface area contributed by atoms with Crippen LogP contribution in [-0.2, 0) is 4.79 Å². The second kappa shape index (κ2) is 6.23. The summed E-state index contributed by atoms with van der Waals surface area (Å²) in [6.07, 6.45) is 2.67. The summed E-state index contributed by atoms with van der Waals surface area (Å²) in [6, 6.07) is 2.42. The van der Waals surface area contributed by atoms with Crippen molar-refractivity contribution in [1.82, 2.24) is 4.90 Å². The molecule has 0 radical (unpaired) electrons. The molecule has 2 N–H and O–H groups in total. The molecule has 1 unspecified atom stereocenters. The predicted molar refractivity (Wildman–Crippen MR) is 68.9 cm³/mol. The van der Waals surface area contributed by atoms with Gasteiger partial charge < -0.3 is 10.6 Å². The van der Waals surface area contributed by atoms with Crippen molar-refractivity contribution < 1.29 is 4.79 Å². The molecule has 0 spiro atoms. The van der Waals surface area contributed by atoms with E-state index in [9.17, 15) is 4.79 Å². The molecule has 1 amide bonds. The third-order valence-electron chi connectivity index (χ3n) is 2.86. The van der Waals surface area contributed by atoms with E-state index >= 15 is 0 Å². The van der Waals surface area contributed by atoms with E-state index < -0.39 is 0 Å². The Morgan fingerprint density at radius 1 is 1.62 bits per heavy atom. The number of carbonyl (C=O) groups excluding carboxylic acids is 1. The highest BCUT2D eigenvalue weighted by Crippen LogP contribution is 2.33. The highest BCUT2D eigenvalue weighted by molar-refractivity contribution is 7.07. The summed E-state index contributed by atoms with van der Waals surface area (Å²) >= 11 is 1.69. The first kappa shape index (κ1) is 13.5. The van der Waals surface area contributed by atoms with Crippen LogP contribution in [0.1, 0.15) is 30.9 Å². The Morgan fingerprint density at radius 2 is 2.44 bits per heavy atom. The van der Waals surface area contributed by atoms with Crippen LogP contribution in [0.4, 0.5) is 0 Å². The summed E-state index contributed by atoms with van der Waals surface area (Å²) in [7, 11) is 0. The highest BCUT2D eigenvalue weighted by atomic mass is 35.5. The molecule has 1 fully saturated rings. The van der Waals surface area contributed by atoms with Gasteiger partial charge in [-0.1, -0.05) is 0 Å². The normalized spacial score (nSPS) is 19.6. The third-order valence-corrected chi connectivity index (χ3v) is 3.56. The maximum absolute atomic E-state index is 11.8. The van der Waals surface area contributed by atoms with Crippen LogP contribution < -0.4 is 5.73 Å². The number of rotatable bonds is 3. The second-order valence-corrected chi connectivity index (χ2v) is 4.62. The van der Waals surface area contributed by atoms with Crippen molar-refractivity contribution in [2.24, 2.45) is 5.73 Å². The minimum atomic E-state index is 0. The fourth-order valence-corrected chi connectivity index (χ4v) is 2.85. The zero-order valence-electron chi connectivity index (χ0n) is 9.09. The van der Waals surface area contributed by atoms with Crippen molar-refractivity contribution in [3.05, 3.63) is 22.4 Å². The van der Waals surface area contributed by atoms with Crippen LogP contribution in [0.25, 0.3) is 0 Å². The molecule has 1 saturated heterocycles. The first-order valence-electron chi connectivity index (χ1n) is 5.34. The summed E-state index contributed by atoms with van der Waals surface area (Å²) in [6.45, 7) is 1.34. The third kappa shape index (κ3) is 2.75. The Hall–Kier alpha value is -0.580. The van der Waals surface area contributed by atoms with Crippen molar-refractivity contribution in [2.45, 2.75) is 25.3 Å². The Balaban J connectivity index is 0.00000128. The van der Waals surface area contributed by atoms with Gasteiger partial charge in [0.05, 0.1) is 6.04 Å². The van der Waals surface area contributed by atoms with Gasteiger partial charge in [-0.3, -0.25) is 4.79 Å². The van der Waals surface area contributed by atoms with E-state index in [2.05, 4.69) is 16.8 Å². The molecule has 0 saturated carbocycles. The summed E-state index contributed by atoms with van der Waals surface area (Å²) < 4.78 is 0. The first-order valence-corrected chi connectivity index (χ1v) is 6.29. The predicted octanol–water partition coefficient (Wildman–Crippen LogP) is 2.18. The van der Waals surface area contributed by atoms with Crippen LogP contribution in [0.2, 0.25) is 0 Å². The molecular formula is C11H17ClN2OS. The SMILES string of the molecule is Cl.NCCC(=O)N1CCCC1c1ccsc1. The minimum absolute atomic E-state index is 0. The van der Waals surface area contributed by atoms with Gasteiger partial charge in [-0.05, 0) is 35.2 Å². The topological polar surface area (TPSA) is 46.3 Å². The van der Waals surface area contributed by atoms with E-state index in [0.29, 0.717) is 19.0 Å². The second-order valence-electron chi connectivity index (χ2n) is 3.84. The van der Waals surface area contributed by atoms with E-state index in [1.165, 1.54) is 5.56 Å². The monoisotopic (exact) mass is 260 g/mol. The van der Waals surface area contributed by atoms with Crippen LogP contribution in [0.15, 0.2) is 16.8 Å². The quantitative estimate of drug-likeness (QED) is 0.906. The van der Waals surface area contributed by atoms with E-state index in [1.54, 1.807) is 11.3 Å². The molecule has 2 heterocycles. The van der Waals surface area contributed by atoms with Crippen molar-refractivity contribution in [1.29, 1.82) is 0 Å². The van der Waals surface area contributed by atoms with Crippen LogP contribution in [0.3, 0.4) is 0 Å². The number of hydrogen-bond donors (Lipinski definition) is 1. The molecule has 1 aromatic rings. The largest absolute Gasteiger partial charge is 0.336 e. The summed E-state index contributed by atoms with van der Waals surface area (Å²) in [5.74, 6) is 0.200. The summed E-state index contributed by atoms with van der Waals surface area (Å²) in [5.41, 5.74) is 6.70. The fourth-order valence-electron chi connectivity index (χ4n) is 2.14. The van der Waals surface area contributed by atoms with E-state index in [-0.39, 0.29) is 18.3 Å². The number of thiophene rings is 1. The van der Waals surface area contributed by atoms with Gasteiger partial charge in [0.2, 0.25) is 5.91 Å². The van der Waals surface area contributed by atoms with Crippen molar-refractivity contribution >= 4 is 29.7 Å². The highest BCUT2D eigenvalue weighted by Gasteiger charge is 2.29. The number of carbonyl (C=O) groups is 1. The number of halogens is 1. The van der Waals surface area contributed by atoms with Crippen LogP contribution in [-0.4, -0.2) is 23.9 Å². The lowest BCUT2D eigenvalue weighted by Gasteiger charge is -2.24. The van der Waals surface area contributed by atoms with Crippen molar-refractivity contribution in [2.75, 3.05) is 13.1 Å². The van der Waals surface area contributed by atoms with Gasteiger partial charge >= 0.3 is 0 Å². The Labute approximate surface area is 106 Å². The first-order chi connectivity index (χ1) is 7.33. The fraction of sp³-hybridized carbons (Fsp3) is 0.545. The lowest BCUT2D eigenvalue weighted by Crippen LogP contribution is -2.31. The molecule has 1 aliphatic heterocycles. The Bertz CT molecular complexity index is 329. The zero-order chi connectivity index (χ0) is 10.7. The maximum Gasteiger partial charge on any atom is 0.224 e. The van der Waals surface area contributed by atoms with Crippen molar-refractivity contribution in [3.8, 4) is 0 Å². The van der Waals surface area contributed by atoms with Gasteiger partial charge in [0.25, 0.3) is 0 Å². The lowest BCUT2D eigenvalue weighted by molar-refractivity contribution is -0.131. The van der Waals surface area contributed by atoms with Gasteiger partial charge in [-0.2, -0.15) is 11.3 Å². The maximum atomic E-state index is 11.8. The minimum Gasteiger partial charge on any atom is -0.336 e. The molecule has 16 heavy (non-hydrogen) atoms. The number of likely N-dealkylation sites (tertiary alicyclic amines) is 1. The number of amides is 1. The molecule has 1 aromatic heterocycles. The molecule has 1 atom stereocenters. The molecule has 0 aromatic carbocycles. The Kier molecular flexibility index (Phi) is 5.25. The van der Waals surface area contributed by atoms with Gasteiger partial charge in [0.1, 0.15) is 0 Å². The van der Waals surface area contributed by atoms with E-state index in [4.69, 9.17) is 5.73 Å².